The van der Waals surface area contributed by atoms with Gasteiger partial charge in [-0.05, 0) is 55.3 Å². The van der Waals surface area contributed by atoms with E-state index in [9.17, 15) is 14.4 Å². The molecular weight excluding hydrogens is 450 g/mol. The van der Waals surface area contributed by atoms with Crippen LogP contribution < -0.4 is 10.2 Å². The van der Waals surface area contributed by atoms with Gasteiger partial charge >= 0.3 is 0 Å². The van der Waals surface area contributed by atoms with E-state index < -0.39 is 23.3 Å². The second kappa shape index (κ2) is 8.15. The molecule has 34 heavy (non-hydrogen) atoms. The SMILES string of the molecule is Cc1ccccc1N1C(=O)c2cc3cc(Cl)ccc3n2C(=O)[C@@]1(C)C(=O)NCc1ccccc1. The minimum Gasteiger partial charge on any atom is -0.350 e. The fourth-order valence-electron chi connectivity index (χ4n) is 4.51. The molecule has 170 valence electrons. The fraction of sp³-hybridized carbons (Fsp3) is 0.148. The molecule has 7 heteroatoms. The van der Waals surface area contributed by atoms with Crippen LogP contribution in [-0.2, 0) is 11.3 Å². The lowest BCUT2D eigenvalue weighted by molar-refractivity contribution is -0.124. The molecule has 0 unspecified atom stereocenters. The van der Waals surface area contributed by atoms with E-state index in [4.69, 9.17) is 11.6 Å². The Morgan fingerprint density at radius 2 is 1.68 bits per heavy atom. The summed E-state index contributed by atoms with van der Waals surface area (Å²) in [5.41, 5.74) is 1.09. The number of carbonyl (C=O) groups excluding carboxylic acids is 3. The maximum atomic E-state index is 14.1. The van der Waals surface area contributed by atoms with Crippen molar-refractivity contribution in [1.82, 2.24) is 9.88 Å². The molecule has 2 amide bonds. The number of amides is 2. The molecule has 5 rings (SSSR count). The minimum absolute atomic E-state index is 0.193. The Kier molecular flexibility index (Phi) is 5.25. The molecule has 0 spiro atoms. The molecule has 1 aromatic heterocycles. The van der Waals surface area contributed by atoms with Gasteiger partial charge in [-0.25, -0.2) is 0 Å². The number of nitrogens with zero attached hydrogens (tertiary/aromatic N) is 2. The van der Waals surface area contributed by atoms with Gasteiger partial charge in [-0.3, -0.25) is 23.9 Å². The summed E-state index contributed by atoms with van der Waals surface area (Å²) < 4.78 is 1.34. The molecule has 0 saturated carbocycles. The number of para-hydroxylation sites is 1. The quantitative estimate of drug-likeness (QED) is 0.427. The molecule has 6 nitrogen and oxygen atoms in total. The van der Waals surface area contributed by atoms with Crippen LogP contribution in [0.4, 0.5) is 5.69 Å². The number of hydrogen-bond acceptors (Lipinski definition) is 3. The Hall–Kier alpha value is -3.90. The van der Waals surface area contributed by atoms with Gasteiger partial charge < -0.3 is 5.32 Å². The van der Waals surface area contributed by atoms with Gasteiger partial charge in [0, 0.05) is 22.6 Å². The third kappa shape index (κ3) is 3.30. The van der Waals surface area contributed by atoms with E-state index in [-0.39, 0.29) is 12.2 Å². The van der Waals surface area contributed by atoms with Crippen molar-refractivity contribution in [2.24, 2.45) is 0 Å². The summed E-state index contributed by atoms with van der Waals surface area (Å²) >= 11 is 6.15. The van der Waals surface area contributed by atoms with Gasteiger partial charge in [0.2, 0.25) is 5.54 Å². The van der Waals surface area contributed by atoms with Gasteiger partial charge in [-0.1, -0.05) is 60.1 Å². The van der Waals surface area contributed by atoms with Crippen molar-refractivity contribution in [3.05, 3.63) is 101 Å². The van der Waals surface area contributed by atoms with Crippen molar-refractivity contribution in [3.63, 3.8) is 0 Å². The van der Waals surface area contributed by atoms with E-state index >= 15 is 0 Å². The number of anilines is 1. The monoisotopic (exact) mass is 471 g/mol. The largest absolute Gasteiger partial charge is 0.350 e. The summed E-state index contributed by atoms with van der Waals surface area (Å²) in [4.78, 5) is 43.0. The lowest BCUT2D eigenvalue weighted by atomic mass is 9.91. The van der Waals surface area contributed by atoms with E-state index in [0.29, 0.717) is 21.6 Å². The van der Waals surface area contributed by atoms with E-state index in [1.54, 1.807) is 36.4 Å². The molecule has 2 heterocycles. The van der Waals surface area contributed by atoms with Crippen molar-refractivity contribution >= 4 is 45.9 Å². The molecule has 1 aliphatic heterocycles. The Labute approximate surface area is 201 Å². The van der Waals surface area contributed by atoms with Gasteiger partial charge in [-0.2, -0.15) is 0 Å². The molecule has 0 radical (unpaired) electrons. The highest BCUT2D eigenvalue weighted by atomic mass is 35.5. The lowest BCUT2D eigenvalue weighted by Crippen LogP contribution is -2.68. The molecular formula is C27H22ClN3O3. The number of aryl methyl sites for hydroxylation is 1. The summed E-state index contributed by atoms with van der Waals surface area (Å²) in [6.07, 6.45) is 0. The number of aromatic nitrogens is 1. The number of carbonyl (C=O) groups is 3. The second-order valence-electron chi connectivity index (χ2n) is 8.54. The third-order valence-corrected chi connectivity index (χ3v) is 6.58. The number of fused-ring (bicyclic) bond motifs is 3. The molecule has 1 N–H and O–H groups in total. The minimum atomic E-state index is -1.81. The van der Waals surface area contributed by atoms with Gasteiger partial charge in [0.25, 0.3) is 17.7 Å². The first-order chi connectivity index (χ1) is 16.3. The normalized spacial score (nSPS) is 17.7. The van der Waals surface area contributed by atoms with E-state index in [1.807, 2.05) is 49.4 Å². The molecule has 1 aliphatic rings. The van der Waals surface area contributed by atoms with Gasteiger partial charge in [0.15, 0.2) is 0 Å². The zero-order chi connectivity index (χ0) is 24.0. The highest BCUT2D eigenvalue weighted by Crippen LogP contribution is 2.37. The van der Waals surface area contributed by atoms with Crippen molar-refractivity contribution in [2.45, 2.75) is 25.9 Å². The first-order valence-corrected chi connectivity index (χ1v) is 11.3. The molecule has 4 aromatic rings. The summed E-state index contributed by atoms with van der Waals surface area (Å²) in [7, 11) is 0. The van der Waals surface area contributed by atoms with Crippen molar-refractivity contribution in [1.29, 1.82) is 0 Å². The number of hydrogen-bond donors (Lipinski definition) is 1. The number of nitrogens with one attached hydrogen (secondary N) is 1. The summed E-state index contributed by atoms with van der Waals surface area (Å²) in [5, 5.41) is 4.02. The fourth-order valence-corrected chi connectivity index (χ4v) is 4.69. The third-order valence-electron chi connectivity index (χ3n) is 6.35. The zero-order valence-electron chi connectivity index (χ0n) is 18.7. The summed E-state index contributed by atoms with van der Waals surface area (Å²) in [5.74, 6) is -1.49. The predicted molar refractivity (Wildman–Crippen MR) is 132 cm³/mol. The van der Waals surface area contributed by atoms with Gasteiger partial charge in [0.05, 0.1) is 5.52 Å². The van der Waals surface area contributed by atoms with E-state index in [2.05, 4.69) is 5.32 Å². The van der Waals surface area contributed by atoms with Gasteiger partial charge in [0.1, 0.15) is 5.69 Å². The highest BCUT2D eigenvalue weighted by molar-refractivity contribution is 6.32. The second-order valence-corrected chi connectivity index (χ2v) is 8.98. The first kappa shape index (κ1) is 21.9. The average Bonchev–Trinajstić information content (AvgIpc) is 3.22. The van der Waals surface area contributed by atoms with Crippen LogP contribution in [-0.4, -0.2) is 27.8 Å². The number of halogens is 1. The molecule has 3 aromatic carbocycles. The number of benzene rings is 3. The van der Waals surface area contributed by atoms with Gasteiger partial charge in [-0.15, -0.1) is 0 Å². The summed E-state index contributed by atoms with van der Waals surface area (Å²) in [6, 6.07) is 23.3. The van der Waals surface area contributed by atoms with Crippen molar-refractivity contribution < 1.29 is 14.4 Å². The van der Waals surface area contributed by atoms with Crippen LogP contribution in [0.3, 0.4) is 0 Å². The average molecular weight is 472 g/mol. The zero-order valence-corrected chi connectivity index (χ0v) is 19.5. The highest BCUT2D eigenvalue weighted by Gasteiger charge is 2.55. The summed E-state index contributed by atoms with van der Waals surface area (Å²) in [6.45, 7) is 3.58. The van der Waals surface area contributed by atoms with Crippen LogP contribution in [0.25, 0.3) is 10.9 Å². The smallest absolute Gasteiger partial charge is 0.276 e. The maximum absolute atomic E-state index is 14.1. The molecule has 0 saturated heterocycles. The van der Waals surface area contributed by atoms with Crippen molar-refractivity contribution in [2.75, 3.05) is 4.90 Å². The Morgan fingerprint density at radius 3 is 2.41 bits per heavy atom. The predicted octanol–water partition coefficient (Wildman–Crippen LogP) is 4.98. The van der Waals surface area contributed by atoms with Crippen LogP contribution in [0.15, 0.2) is 78.9 Å². The maximum Gasteiger partial charge on any atom is 0.276 e. The topological polar surface area (TPSA) is 71.4 Å². The van der Waals surface area contributed by atoms with Crippen molar-refractivity contribution in [3.8, 4) is 0 Å². The van der Waals surface area contributed by atoms with E-state index in [1.165, 1.54) is 16.4 Å². The van der Waals surface area contributed by atoms with E-state index in [0.717, 1.165) is 11.1 Å². The molecule has 0 aliphatic carbocycles. The Morgan fingerprint density at radius 1 is 0.971 bits per heavy atom. The van der Waals surface area contributed by atoms with Crippen LogP contribution in [0, 0.1) is 6.92 Å². The molecule has 0 fully saturated rings. The lowest BCUT2D eigenvalue weighted by Gasteiger charge is -2.42. The standard InChI is InChI=1S/C27H22ClN3O3/c1-17-8-6-7-11-21(17)31-24(32)23-15-19-14-20(28)12-13-22(19)30(23)26(34)27(31,2)25(33)29-16-18-9-4-3-5-10-18/h3-15H,16H2,1-2H3,(H,29,33)/t27-/m1/s1. The first-order valence-electron chi connectivity index (χ1n) is 10.9. The Balaban J connectivity index is 1.67. The van der Waals surface area contributed by atoms with Crippen LogP contribution in [0.5, 0.6) is 0 Å². The molecule has 1 atom stereocenters. The van der Waals surface area contributed by atoms with Crippen LogP contribution in [0.2, 0.25) is 5.02 Å². The van der Waals surface area contributed by atoms with Crippen LogP contribution in [0.1, 0.15) is 33.3 Å². The molecule has 0 bridgehead atoms. The Bertz CT molecular complexity index is 1460. The van der Waals surface area contributed by atoms with Crippen LogP contribution >= 0.6 is 11.6 Å². The number of rotatable bonds is 4.